The van der Waals surface area contributed by atoms with Gasteiger partial charge in [-0.05, 0) is 30.0 Å². The minimum Gasteiger partial charge on any atom is -0.441 e. The number of oxazole rings is 1. The molecule has 27 heavy (non-hydrogen) atoms. The van der Waals surface area contributed by atoms with Crippen molar-refractivity contribution in [3.05, 3.63) is 46.4 Å². The highest BCUT2D eigenvalue weighted by atomic mass is 35.5. The predicted molar refractivity (Wildman–Crippen MR) is 112 cm³/mol. The zero-order valence-corrected chi connectivity index (χ0v) is 17.3. The van der Waals surface area contributed by atoms with Crippen LogP contribution in [0.5, 0.6) is 0 Å². The molecule has 3 heterocycles. The van der Waals surface area contributed by atoms with Crippen LogP contribution in [0.15, 0.2) is 34.3 Å². The van der Waals surface area contributed by atoms with Gasteiger partial charge in [-0.2, -0.15) is 0 Å². The number of halogens is 1. The molecule has 1 N–H and O–H groups in total. The minimum absolute atomic E-state index is 0.0335. The van der Waals surface area contributed by atoms with E-state index in [1.54, 1.807) is 6.33 Å². The minimum atomic E-state index is 0.0335. The molecule has 4 aromatic rings. The molecule has 0 aliphatic rings. The summed E-state index contributed by atoms with van der Waals surface area (Å²) in [5.74, 6) is 1.52. The molecular formula is C20H21ClN4OS. The van der Waals surface area contributed by atoms with Crippen LogP contribution in [0, 0.1) is 5.41 Å². The Bertz CT molecular complexity index is 1110. The highest BCUT2D eigenvalue weighted by Gasteiger charge is 2.18. The second kappa shape index (κ2) is 6.77. The summed E-state index contributed by atoms with van der Waals surface area (Å²) in [4.78, 5) is 14.2. The van der Waals surface area contributed by atoms with E-state index >= 15 is 0 Å². The zero-order chi connectivity index (χ0) is 19.2. The summed E-state index contributed by atoms with van der Waals surface area (Å²) in [6, 6.07) is 6.14. The monoisotopic (exact) mass is 400 g/mol. The highest BCUT2D eigenvalue weighted by Crippen LogP contribution is 2.34. The third kappa shape index (κ3) is 3.77. The van der Waals surface area contributed by atoms with Crippen LogP contribution in [0.2, 0.25) is 5.02 Å². The molecule has 0 amide bonds. The Morgan fingerprint density at radius 3 is 2.85 bits per heavy atom. The molecule has 3 aromatic heterocycles. The van der Waals surface area contributed by atoms with Gasteiger partial charge in [0.1, 0.15) is 22.5 Å². The Kier molecular flexibility index (Phi) is 4.56. The van der Waals surface area contributed by atoms with Crippen molar-refractivity contribution in [2.24, 2.45) is 5.41 Å². The Balaban J connectivity index is 1.62. The summed E-state index contributed by atoms with van der Waals surface area (Å²) in [7, 11) is 0. The lowest BCUT2D eigenvalue weighted by Crippen LogP contribution is -2.09. The molecule has 0 aliphatic heterocycles. The number of hydrogen-bond acceptors (Lipinski definition) is 6. The molecule has 0 spiro atoms. The highest BCUT2D eigenvalue weighted by molar-refractivity contribution is 7.17. The fourth-order valence-electron chi connectivity index (χ4n) is 3.03. The molecule has 140 valence electrons. The first-order valence-corrected chi connectivity index (χ1v) is 10.1. The maximum atomic E-state index is 6.31. The van der Waals surface area contributed by atoms with Gasteiger partial charge in [0.2, 0.25) is 0 Å². The van der Waals surface area contributed by atoms with Crippen molar-refractivity contribution in [2.75, 3.05) is 5.32 Å². The van der Waals surface area contributed by atoms with E-state index < -0.39 is 0 Å². The van der Waals surface area contributed by atoms with E-state index in [4.69, 9.17) is 16.0 Å². The second-order valence-corrected chi connectivity index (χ2v) is 9.19. The van der Waals surface area contributed by atoms with Crippen molar-refractivity contribution in [2.45, 2.75) is 40.2 Å². The number of benzene rings is 1. The van der Waals surface area contributed by atoms with Crippen molar-refractivity contribution < 1.29 is 4.42 Å². The van der Waals surface area contributed by atoms with E-state index in [0.29, 0.717) is 5.02 Å². The molecular weight excluding hydrogens is 380 g/mol. The SMILES string of the molecule is CC(Nc1ncnc2scc(Cl)c12)c1ccc2oc(CC(C)(C)C)nc2c1. The lowest BCUT2D eigenvalue weighted by atomic mass is 9.92. The molecule has 1 aromatic carbocycles. The lowest BCUT2D eigenvalue weighted by Gasteiger charge is -2.15. The largest absolute Gasteiger partial charge is 0.441 e. The van der Waals surface area contributed by atoms with E-state index in [1.807, 2.05) is 11.4 Å². The number of nitrogens with one attached hydrogen (secondary N) is 1. The number of aromatic nitrogens is 3. The van der Waals surface area contributed by atoms with Crippen LogP contribution in [-0.2, 0) is 6.42 Å². The van der Waals surface area contributed by atoms with Crippen LogP contribution in [0.1, 0.15) is 45.2 Å². The van der Waals surface area contributed by atoms with Gasteiger partial charge in [-0.15, -0.1) is 11.3 Å². The summed E-state index contributed by atoms with van der Waals surface area (Å²) < 4.78 is 5.89. The molecule has 0 fully saturated rings. The molecule has 4 rings (SSSR count). The third-order valence-electron chi connectivity index (χ3n) is 4.32. The normalized spacial score (nSPS) is 13.4. The number of anilines is 1. The Labute approximate surface area is 166 Å². The van der Waals surface area contributed by atoms with E-state index in [1.165, 1.54) is 11.3 Å². The predicted octanol–water partition coefficient (Wildman–Crippen LogP) is 6.25. The quantitative estimate of drug-likeness (QED) is 0.438. The van der Waals surface area contributed by atoms with Crippen LogP contribution >= 0.6 is 22.9 Å². The van der Waals surface area contributed by atoms with Gasteiger partial charge in [0.25, 0.3) is 0 Å². The maximum absolute atomic E-state index is 6.31. The topological polar surface area (TPSA) is 63.8 Å². The number of nitrogens with zero attached hydrogens (tertiary/aromatic N) is 3. The van der Waals surface area contributed by atoms with Crippen LogP contribution < -0.4 is 5.32 Å². The summed E-state index contributed by atoms with van der Waals surface area (Å²) in [5.41, 5.74) is 2.94. The smallest absolute Gasteiger partial charge is 0.195 e. The Morgan fingerprint density at radius 2 is 2.07 bits per heavy atom. The fraction of sp³-hybridized carbons (Fsp3) is 0.350. The van der Waals surface area contributed by atoms with Gasteiger partial charge < -0.3 is 9.73 Å². The number of thiophene rings is 1. The zero-order valence-electron chi connectivity index (χ0n) is 15.7. The summed E-state index contributed by atoms with van der Waals surface area (Å²) in [5, 5.41) is 6.87. The van der Waals surface area contributed by atoms with E-state index in [2.05, 4.69) is 60.1 Å². The van der Waals surface area contributed by atoms with Gasteiger partial charge in [0.05, 0.1) is 16.5 Å². The molecule has 5 nitrogen and oxygen atoms in total. The lowest BCUT2D eigenvalue weighted by molar-refractivity contribution is 0.362. The number of rotatable bonds is 4. The standard InChI is InChI=1S/C20H21ClN4OS/c1-11(24-18-17-13(21)9-27-19(17)23-10-22-18)12-5-6-15-14(7-12)25-16(26-15)8-20(2,3)4/h5-7,9-11H,8H2,1-4H3,(H,22,23,24). The molecule has 7 heteroatoms. The molecule has 0 bridgehead atoms. The van der Waals surface area contributed by atoms with Gasteiger partial charge >= 0.3 is 0 Å². The van der Waals surface area contributed by atoms with Gasteiger partial charge in [0.15, 0.2) is 11.5 Å². The van der Waals surface area contributed by atoms with Crippen molar-refractivity contribution in [3.63, 3.8) is 0 Å². The van der Waals surface area contributed by atoms with Crippen molar-refractivity contribution in [3.8, 4) is 0 Å². The van der Waals surface area contributed by atoms with Gasteiger partial charge in [-0.1, -0.05) is 38.4 Å². The Hall–Kier alpha value is -2.18. The van der Waals surface area contributed by atoms with Crippen LogP contribution in [0.25, 0.3) is 21.3 Å². The molecule has 0 radical (unpaired) electrons. The van der Waals surface area contributed by atoms with Gasteiger partial charge in [-0.25, -0.2) is 15.0 Å². The first kappa shape index (κ1) is 18.2. The number of fused-ring (bicyclic) bond motifs is 2. The van der Waals surface area contributed by atoms with E-state index in [0.717, 1.165) is 45.0 Å². The molecule has 0 aliphatic carbocycles. The first-order chi connectivity index (χ1) is 12.8. The summed E-state index contributed by atoms with van der Waals surface area (Å²) in [6.45, 7) is 8.62. The number of hydrogen-bond donors (Lipinski definition) is 1. The Morgan fingerprint density at radius 1 is 1.26 bits per heavy atom. The van der Waals surface area contributed by atoms with Crippen molar-refractivity contribution in [1.82, 2.24) is 15.0 Å². The van der Waals surface area contributed by atoms with Crippen LogP contribution in [-0.4, -0.2) is 15.0 Å². The first-order valence-electron chi connectivity index (χ1n) is 8.84. The van der Waals surface area contributed by atoms with Gasteiger partial charge in [0, 0.05) is 11.8 Å². The summed E-state index contributed by atoms with van der Waals surface area (Å²) >= 11 is 7.82. The molecule has 1 unspecified atom stereocenters. The van der Waals surface area contributed by atoms with Crippen LogP contribution in [0.3, 0.4) is 0 Å². The fourth-order valence-corrected chi connectivity index (χ4v) is 4.16. The summed E-state index contributed by atoms with van der Waals surface area (Å²) in [6.07, 6.45) is 2.37. The average Bonchev–Trinajstić information content (AvgIpc) is 3.16. The molecule has 1 atom stereocenters. The molecule has 0 saturated carbocycles. The van der Waals surface area contributed by atoms with Crippen molar-refractivity contribution in [1.29, 1.82) is 0 Å². The van der Waals surface area contributed by atoms with Gasteiger partial charge in [-0.3, -0.25) is 0 Å². The van der Waals surface area contributed by atoms with Crippen LogP contribution in [0.4, 0.5) is 5.82 Å². The van der Waals surface area contributed by atoms with E-state index in [9.17, 15) is 0 Å². The molecule has 0 saturated heterocycles. The second-order valence-electron chi connectivity index (χ2n) is 7.92. The maximum Gasteiger partial charge on any atom is 0.195 e. The average molecular weight is 401 g/mol. The van der Waals surface area contributed by atoms with Crippen molar-refractivity contribution >= 4 is 50.1 Å². The third-order valence-corrected chi connectivity index (χ3v) is 5.63. The van der Waals surface area contributed by atoms with E-state index in [-0.39, 0.29) is 11.5 Å².